The summed E-state index contributed by atoms with van der Waals surface area (Å²) in [6, 6.07) is 11.9. The molecule has 1 heterocycles. The van der Waals surface area contributed by atoms with Crippen molar-refractivity contribution in [3.63, 3.8) is 0 Å². The lowest BCUT2D eigenvalue weighted by Crippen LogP contribution is -2.01. The summed E-state index contributed by atoms with van der Waals surface area (Å²) >= 11 is 0. The van der Waals surface area contributed by atoms with Gasteiger partial charge in [-0.15, -0.1) is 0 Å². The number of hydrogen-bond donors (Lipinski definition) is 0. The fourth-order valence-corrected chi connectivity index (χ4v) is 2.99. The Bertz CT molecular complexity index is 885. The average molecular weight is 324 g/mol. The second-order valence-corrected chi connectivity index (χ2v) is 5.96. The molecule has 4 nitrogen and oxygen atoms in total. The highest BCUT2D eigenvalue weighted by molar-refractivity contribution is 5.98. The van der Waals surface area contributed by atoms with Gasteiger partial charge in [0.1, 0.15) is 17.9 Å². The predicted molar refractivity (Wildman–Crippen MR) is 92.5 cm³/mol. The highest BCUT2D eigenvalue weighted by Gasteiger charge is 2.20. The van der Waals surface area contributed by atoms with Gasteiger partial charge >= 0.3 is 5.97 Å². The highest BCUT2D eigenvalue weighted by atomic mass is 16.5. The third kappa shape index (κ3) is 3.00. The number of esters is 1. The summed E-state index contributed by atoms with van der Waals surface area (Å²) in [5.74, 6) is 0.432. The van der Waals surface area contributed by atoms with Gasteiger partial charge in [0.2, 0.25) is 5.76 Å². The highest BCUT2D eigenvalue weighted by Crippen LogP contribution is 2.34. The third-order valence-corrected chi connectivity index (χ3v) is 3.96. The SMILES string of the molecule is COC(=O)c1oc2cccc(OCc3cc(C)cc(C)c3)c2c1C. The molecular weight excluding hydrogens is 304 g/mol. The zero-order chi connectivity index (χ0) is 17.3. The largest absolute Gasteiger partial charge is 0.488 e. The Morgan fingerprint density at radius 1 is 1.08 bits per heavy atom. The van der Waals surface area contributed by atoms with Gasteiger partial charge in [-0.2, -0.15) is 0 Å². The smallest absolute Gasteiger partial charge is 0.374 e. The number of carbonyl (C=O) groups is 1. The van der Waals surface area contributed by atoms with Crippen LogP contribution in [-0.4, -0.2) is 13.1 Å². The summed E-state index contributed by atoms with van der Waals surface area (Å²) in [6.45, 7) is 6.43. The van der Waals surface area contributed by atoms with Crippen molar-refractivity contribution in [2.24, 2.45) is 0 Å². The number of furan rings is 1. The molecule has 1 aromatic heterocycles. The van der Waals surface area contributed by atoms with Crippen LogP contribution in [0.25, 0.3) is 11.0 Å². The van der Waals surface area contributed by atoms with Gasteiger partial charge in [-0.1, -0.05) is 35.4 Å². The number of ether oxygens (including phenoxy) is 2. The number of benzene rings is 2. The molecule has 0 saturated heterocycles. The van der Waals surface area contributed by atoms with E-state index in [1.807, 2.05) is 25.1 Å². The van der Waals surface area contributed by atoms with E-state index in [9.17, 15) is 4.79 Å². The molecule has 0 N–H and O–H groups in total. The molecule has 0 amide bonds. The van der Waals surface area contributed by atoms with Crippen LogP contribution in [0.5, 0.6) is 5.75 Å². The first-order valence-electron chi connectivity index (χ1n) is 7.80. The lowest BCUT2D eigenvalue weighted by atomic mass is 10.1. The molecule has 0 bridgehead atoms. The molecule has 124 valence electrons. The Labute approximate surface area is 141 Å². The maximum Gasteiger partial charge on any atom is 0.374 e. The van der Waals surface area contributed by atoms with E-state index in [0.717, 1.165) is 16.5 Å². The topological polar surface area (TPSA) is 48.7 Å². The molecule has 24 heavy (non-hydrogen) atoms. The van der Waals surface area contributed by atoms with E-state index in [0.29, 0.717) is 17.9 Å². The van der Waals surface area contributed by atoms with Crippen molar-refractivity contribution in [3.8, 4) is 5.75 Å². The lowest BCUT2D eigenvalue weighted by molar-refractivity contribution is 0.0566. The Hall–Kier alpha value is -2.75. The number of aryl methyl sites for hydroxylation is 3. The predicted octanol–water partition coefficient (Wildman–Crippen LogP) is 4.72. The maximum atomic E-state index is 11.8. The van der Waals surface area contributed by atoms with E-state index in [1.54, 1.807) is 0 Å². The first-order chi connectivity index (χ1) is 11.5. The van der Waals surface area contributed by atoms with Crippen LogP contribution in [0.15, 0.2) is 40.8 Å². The summed E-state index contributed by atoms with van der Waals surface area (Å²) in [4.78, 5) is 11.8. The quantitative estimate of drug-likeness (QED) is 0.651. The van der Waals surface area contributed by atoms with Crippen molar-refractivity contribution in [1.82, 2.24) is 0 Å². The molecule has 0 atom stereocenters. The van der Waals surface area contributed by atoms with Gasteiger partial charge < -0.3 is 13.9 Å². The molecule has 0 saturated carbocycles. The molecule has 4 heteroatoms. The Morgan fingerprint density at radius 3 is 2.46 bits per heavy atom. The van der Waals surface area contributed by atoms with Crippen LogP contribution in [0.4, 0.5) is 0 Å². The summed E-state index contributed by atoms with van der Waals surface area (Å²) in [7, 11) is 1.34. The number of rotatable bonds is 4. The number of fused-ring (bicyclic) bond motifs is 1. The van der Waals surface area contributed by atoms with Gasteiger partial charge in [-0.3, -0.25) is 0 Å². The van der Waals surface area contributed by atoms with Crippen molar-refractivity contribution in [2.45, 2.75) is 27.4 Å². The van der Waals surface area contributed by atoms with Crippen LogP contribution in [0.3, 0.4) is 0 Å². The van der Waals surface area contributed by atoms with E-state index in [-0.39, 0.29) is 5.76 Å². The van der Waals surface area contributed by atoms with Crippen LogP contribution in [0.2, 0.25) is 0 Å². The van der Waals surface area contributed by atoms with Crippen LogP contribution < -0.4 is 4.74 Å². The van der Waals surface area contributed by atoms with E-state index in [2.05, 4.69) is 32.0 Å². The minimum atomic E-state index is -0.482. The van der Waals surface area contributed by atoms with Gasteiger partial charge in [0.15, 0.2) is 0 Å². The standard InChI is InChI=1S/C20H20O4/c1-12-8-13(2)10-15(9-12)11-23-16-6-5-7-17-18(16)14(3)19(24-17)20(21)22-4/h5-10H,11H2,1-4H3. The minimum absolute atomic E-state index is 0.218. The van der Waals surface area contributed by atoms with Crippen molar-refractivity contribution < 1.29 is 18.7 Å². The van der Waals surface area contributed by atoms with Crippen molar-refractivity contribution in [2.75, 3.05) is 7.11 Å². The van der Waals surface area contributed by atoms with Crippen molar-refractivity contribution in [1.29, 1.82) is 0 Å². The second-order valence-electron chi connectivity index (χ2n) is 5.96. The lowest BCUT2D eigenvalue weighted by Gasteiger charge is -2.09. The molecule has 0 aliphatic carbocycles. The van der Waals surface area contributed by atoms with Gasteiger partial charge in [0.25, 0.3) is 0 Å². The Kier molecular flexibility index (Phi) is 4.30. The second kappa shape index (κ2) is 6.40. The van der Waals surface area contributed by atoms with E-state index >= 15 is 0 Å². The van der Waals surface area contributed by atoms with Gasteiger partial charge in [0.05, 0.1) is 12.5 Å². The normalized spacial score (nSPS) is 10.8. The molecule has 3 rings (SSSR count). The van der Waals surface area contributed by atoms with E-state index in [4.69, 9.17) is 13.9 Å². The molecule has 0 aliphatic rings. The Morgan fingerprint density at radius 2 is 1.79 bits per heavy atom. The summed E-state index contributed by atoms with van der Waals surface area (Å²) in [5, 5.41) is 0.808. The Balaban J connectivity index is 1.94. The minimum Gasteiger partial charge on any atom is -0.488 e. The summed E-state index contributed by atoms with van der Waals surface area (Å²) < 4.78 is 16.4. The van der Waals surface area contributed by atoms with Gasteiger partial charge in [-0.05, 0) is 38.5 Å². The zero-order valence-electron chi connectivity index (χ0n) is 14.3. The third-order valence-electron chi connectivity index (χ3n) is 3.96. The molecule has 0 fully saturated rings. The van der Waals surface area contributed by atoms with E-state index in [1.165, 1.54) is 18.2 Å². The monoisotopic (exact) mass is 324 g/mol. The molecular formula is C20H20O4. The first kappa shape index (κ1) is 16.1. The fraction of sp³-hybridized carbons (Fsp3) is 0.250. The average Bonchev–Trinajstić information content (AvgIpc) is 2.89. The molecule has 0 unspecified atom stereocenters. The number of carbonyl (C=O) groups excluding carboxylic acids is 1. The van der Waals surface area contributed by atoms with Gasteiger partial charge in [-0.25, -0.2) is 4.79 Å². The van der Waals surface area contributed by atoms with Crippen molar-refractivity contribution in [3.05, 3.63) is 64.4 Å². The molecule has 0 spiro atoms. The maximum absolute atomic E-state index is 11.8. The molecule has 0 radical (unpaired) electrons. The fourth-order valence-electron chi connectivity index (χ4n) is 2.99. The van der Waals surface area contributed by atoms with Crippen LogP contribution in [0, 0.1) is 20.8 Å². The number of methoxy groups -OCH3 is 1. The van der Waals surface area contributed by atoms with Crippen LogP contribution in [-0.2, 0) is 11.3 Å². The van der Waals surface area contributed by atoms with Crippen molar-refractivity contribution >= 4 is 16.9 Å². The van der Waals surface area contributed by atoms with Crippen LogP contribution in [0.1, 0.15) is 32.8 Å². The van der Waals surface area contributed by atoms with Gasteiger partial charge in [0, 0.05) is 5.56 Å². The van der Waals surface area contributed by atoms with Crippen LogP contribution >= 0.6 is 0 Å². The zero-order valence-corrected chi connectivity index (χ0v) is 14.3. The summed E-state index contributed by atoms with van der Waals surface area (Å²) in [6.07, 6.45) is 0. The molecule has 2 aromatic carbocycles. The first-order valence-corrected chi connectivity index (χ1v) is 7.80. The van der Waals surface area contributed by atoms with E-state index < -0.39 is 5.97 Å². The number of hydrogen-bond acceptors (Lipinski definition) is 4. The summed E-state index contributed by atoms with van der Waals surface area (Å²) in [5.41, 5.74) is 4.87. The molecule has 0 aliphatic heterocycles. The molecule has 3 aromatic rings.